The van der Waals surface area contributed by atoms with Crippen molar-refractivity contribution in [1.29, 1.82) is 0 Å². The maximum atomic E-state index is 9.36. The van der Waals surface area contributed by atoms with Crippen molar-refractivity contribution in [2.75, 3.05) is 11.9 Å². The van der Waals surface area contributed by atoms with Gasteiger partial charge in [-0.2, -0.15) is 0 Å². The smallest absolute Gasteiger partial charge is 0.148 e. The Morgan fingerprint density at radius 1 is 1.39 bits per heavy atom. The topological polar surface area (TPSA) is 58.0 Å². The highest BCUT2D eigenvalue weighted by atomic mass is 32.1. The summed E-state index contributed by atoms with van der Waals surface area (Å²) in [5, 5.41) is 14.8. The third-order valence-corrected chi connectivity index (χ3v) is 4.00. The van der Waals surface area contributed by atoms with E-state index < -0.39 is 0 Å². The number of aromatic nitrogens is 2. The second-order valence-electron chi connectivity index (χ2n) is 4.53. The Bertz CT molecular complexity index is 538. The van der Waals surface area contributed by atoms with Gasteiger partial charge in [0.05, 0.1) is 22.9 Å². The van der Waals surface area contributed by atoms with Crippen LogP contribution >= 0.6 is 11.3 Å². The van der Waals surface area contributed by atoms with Crippen molar-refractivity contribution >= 4 is 27.4 Å². The summed E-state index contributed by atoms with van der Waals surface area (Å²) in [7, 11) is 0. The van der Waals surface area contributed by atoms with Crippen molar-refractivity contribution in [1.82, 2.24) is 9.97 Å². The largest absolute Gasteiger partial charge is 0.394 e. The third-order valence-electron chi connectivity index (χ3n) is 2.90. The quantitative estimate of drug-likeness (QED) is 0.872. The lowest BCUT2D eigenvalue weighted by Crippen LogP contribution is -2.24. The van der Waals surface area contributed by atoms with Gasteiger partial charge in [0.1, 0.15) is 11.6 Å². The Balaban J connectivity index is 2.37. The maximum Gasteiger partial charge on any atom is 0.148 e. The SMILES string of the molecule is CCCC(CO)Nc1nc(C)nc2c(C)csc12. The fraction of sp³-hybridized carbons (Fsp3) is 0.538. The van der Waals surface area contributed by atoms with Crippen LogP contribution in [0.15, 0.2) is 5.38 Å². The number of hydrogen-bond acceptors (Lipinski definition) is 5. The summed E-state index contributed by atoms with van der Waals surface area (Å²) in [6.07, 6.45) is 1.97. The fourth-order valence-corrected chi connectivity index (χ4v) is 2.93. The molecule has 0 amide bonds. The number of aryl methyl sites for hydroxylation is 2. The van der Waals surface area contributed by atoms with Gasteiger partial charge in [0.2, 0.25) is 0 Å². The zero-order valence-corrected chi connectivity index (χ0v) is 11.8. The highest BCUT2D eigenvalue weighted by Crippen LogP contribution is 2.29. The summed E-state index contributed by atoms with van der Waals surface area (Å²) in [6.45, 7) is 6.20. The average molecular weight is 265 g/mol. The molecule has 0 aromatic carbocycles. The zero-order chi connectivity index (χ0) is 13.1. The van der Waals surface area contributed by atoms with Gasteiger partial charge in [-0.3, -0.25) is 0 Å². The number of nitrogens with one attached hydrogen (secondary N) is 1. The number of fused-ring (bicyclic) bond motifs is 1. The molecule has 2 N–H and O–H groups in total. The van der Waals surface area contributed by atoms with Gasteiger partial charge in [0, 0.05) is 0 Å². The van der Waals surface area contributed by atoms with Crippen LogP contribution in [0.25, 0.3) is 10.2 Å². The van der Waals surface area contributed by atoms with Gasteiger partial charge in [-0.05, 0) is 31.2 Å². The minimum absolute atomic E-state index is 0.0647. The van der Waals surface area contributed by atoms with Gasteiger partial charge in [0.25, 0.3) is 0 Å². The van der Waals surface area contributed by atoms with Crippen LogP contribution in [0.4, 0.5) is 5.82 Å². The molecule has 0 radical (unpaired) electrons. The van der Waals surface area contributed by atoms with Crippen LogP contribution in [0.2, 0.25) is 0 Å². The standard InChI is InChI=1S/C13H19N3OS/c1-4-5-10(6-17)16-13-12-11(8(2)7-18-12)14-9(3)15-13/h7,10,17H,4-6H2,1-3H3,(H,14,15,16). The lowest BCUT2D eigenvalue weighted by Gasteiger charge is -2.16. The highest BCUT2D eigenvalue weighted by molar-refractivity contribution is 7.18. The van der Waals surface area contributed by atoms with E-state index in [4.69, 9.17) is 0 Å². The van der Waals surface area contributed by atoms with Crippen molar-refractivity contribution in [3.63, 3.8) is 0 Å². The first-order valence-electron chi connectivity index (χ1n) is 6.25. The number of aliphatic hydroxyl groups is 1. The number of thiophene rings is 1. The van der Waals surface area contributed by atoms with Crippen LogP contribution in [0.1, 0.15) is 31.2 Å². The van der Waals surface area contributed by atoms with Gasteiger partial charge in [-0.25, -0.2) is 9.97 Å². The summed E-state index contributed by atoms with van der Waals surface area (Å²) in [5.41, 5.74) is 2.20. The predicted molar refractivity (Wildman–Crippen MR) is 76.3 cm³/mol. The van der Waals surface area contributed by atoms with E-state index >= 15 is 0 Å². The molecule has 0 fully saturated rings. The first-order valence-corrected chi connectivity index (χ1v) is 7.13. The van der Waals surface area contributed by atoms with Gasteiger partial charge >= 0.3 is 0 Å². The highest BCUT2D eigenvalue weighted by Gasteiger charge is 2.13. The molecule has 98 valence electrons. The number of hydrogen-bond donors (Lipinski definition) is 2. The van der Waals surface area contributed by atoms with Crippen molar-refractivity contribution in [2.24, 2.45) is 0 Å². The Labute approximate surface area is 111 Å². The molecule has 0 aliphatic carbocycles. The van der Waals surface area contributed by atoms with E-state index in [1.54, 1.807) is 11.3 Å². The molecule has 2 aromatic heterocycles. The molecule has 1 unspecified atom stereocenters. The molecule has 4 nitrogen and oxygen atoms in total. The van der Waals surface area contributed by atoms with E-state index in [0.29, 0.717) is 0 Å². The molecular formula is C13H19N3OS. The van der Waals surface area contributed by atoms with E-state index in [1.165, 1.54) is 5.56 Å². The predicted octanol–water partition coefficient (Wildman–Crippen LogP) is 2.88. The Hall–Kier alpha value is -1.20. The van der Waals surface area contributed by atoms with Crippen molar-refractivity contribution in [2.45, 2.75) is 39.7 Å². The Morgan fingerprint density at radius 2 is 2.17 bits per heavy atom. The molecule has 18 heavy (non-hydrogen) atoms. The van der Waals surface area contributed by atoms with Crippen LogP contribution in [-0.4, -0.2) is 27.7 Å². The summed E-state index contributed by atoms with van der Waals surface area (Å²) in [6, 6.07) is 0.0647. The lowest BCUT2D eigenvalue weighted by molar-refractivity contribution is 0.268. The molecule has 2 aromatic rings. The maximum absolute atomic E-state index is 9.36. The molecule has 2 heterocycles. The lowest BCUT2D eigenvalue weighted by atomic mass is 10.2. The van der Waals surface area contributed by atoms with E-state index in [0.717, 1.165) is 34.7 Å². The van der Waals surface area contributed by atoms with Gasteiger partial charge < -0.3 is 10.4 Å². The molecule has 2 rings (SSSR count). The van der Waals surface area contributed by atoms with E-state index in [9.17, 15) is 5.11 Å². The molecular weight excluding hydrogens is 246 g/mol. The van der Waals surface area contributed by atoms with Crippen LogP contribution < -0.4 is 5.32 Å². The number of anilines is 1. The van der Waals surface area contributed by atoms with Crippen molar-refractivity contribution < 1.29 is 5.11 Å². The minimum Gasteiger partial charge on any atom is -0.394 e. The molecule has 0 saturated carbocycles. The molecule has 0 bridgehead atoms. The van der Waals surface area contributed by atoms with E-state index in [-0.39, 0.29) is 12.6 Å². The van der Waals surface area contributed by atoms with Crippen LogP contribution in [0, 0.1) is 13.8 Å². The average Bonchev–Trinajstić information content (AvgIpc) is 2.71. The monoisotopic (exact) mass is 265 g/mol. The number of aliphatic hydroxyl groups excluding tert-OH is 1. The van der Waals surface area contributed by atoms with Crippen LogP contribution in [0.3, 0.4) is 0 Å². The summed E-state index contributed by atoms with van der Waals surface area (Å²) >= 11 is 1.65. The van der Waals surface area contributed by atoms with Crippen molar-refractivity contribution in [3.8, 4) is 0 Å². The summed E-state index contributed by atoms with van der Waals surface area (Å²) in [5.74, 6) is 1.61. The minimum atomic E-state index is 0.0647. The van der Waals surface area contributed by atoms with Gasteiger partial charge in [-0.1, -0.05) is 13.3 Å². The summed E-state index contributed by atoms with van der Waals surface area (Å²) < 4.78 is 1.08. The van der Waals surface area contributed by atoms with E-state index in [2.05, 4.69) is 34.5 Å². The first kappa shape index (κ1) is 13.2. The van der Waals surface area contributed by atoms with Crippen LogP contribution in [0.5, 0.6) is 0 Å². The van der Waals surface area contributed by atoms with Gasteiger partial charge in [-0.15, -0.1) is 11.3 Å². The van der Waals surface area contributed by atoms with Crippen LogP contribution in [-0.2, 0) is 0 Å². The normalized spacial score (nSPS) is 12.9. The molecule has 0 aliphatic heterocycles. The number of nitrogens with zero attached hydrogens (tertiary/aromatic N) is 2. The Morgan fingerprint density at radius 3 is 2.83 bits per heavy atom. The van der Waals surface area contributed by atoms with Gasteiger partial charge in [0.15, 0.2) is 0 Å². The molecule has 1 atom stereocenters. The number of rotatable bonds is 5. The first-order chi connectivity index (χ1) is 8.65. The Kier molecular flexibility index (Phi) is 4.14. The third kappa shape index (κ3) is 2.62. The fourth-order valence-electron chi connectivity index (χ4n) is 1.99. The summed E-state index contributed by atoms with van der Waals surface area (Å²) in [4.78, 5) is 8.93. The van der Waals surface area contributed by atoms with E-state index in [1.807, 2.05) is 6.92 Å². The molecule has 0 spiro atoms. The second kappa shape index (κ2) is 5.63. The molecule has 0 aliphatic rings. The second-order valence-corrected chi connectivity index (χ2v) is 5.41. The molecule has 5 heteroatoms. The molecule has 0 saturated heterocycles. The zero-order valence-electron chi connectivity index (χ0n) is 11.0. The van der Waals surface area contributed by atoms with Crippen molar-refractivity contribution in [3.05, 3.63) is 16.8 Å².